The first-order valence-electron chi connectivity index (χ1n) is 7.33. The molecule has 7 heteroatoms. The molecule has 1 fully saturated rings. The van der Waals surface area contributed by atoms with Crippen molar-refractivity contribution < 1.29 is 19.5 Å². The zero-order valence-electron chi connectivity index (χ0n) is 13.0. The molecule has 2 amide bonds. The molecule has 0 radical (unpaired) electrons. The number of likely N-dealkylation sites (tertiary alicyclic amines) is 1. The van der Waals surface area contributed by atoms with Gasteiger partial charge in [-0.3, -0.25) is 19.3 Å². The van der Waals surface area contributed by atoms with E-state index in [1.165, 1.54) is 4.90 Å². The molecule has 0 bridgehead atoms. The lowest BCUT2D eigenvalue weighted by atomic mass is 9.96. The van der Waals surface area contributed by atoms with Gasteiger partial charge in [-0.1, -0.05) is 0 Å². The molecule has 0 unspecified atom stereocenters. The van der Waals surface area contributed by atoms with Crippen LogP contribution in [0.2, 0.25) is 0 Å². The van der Waals surface area contributed by atoms with Crippen molar-refractivity contribution >= 4 is 17.8 Å². The van der Waals surface area contributed by atoms with E-state index >= 15 is 0 Å². The first-order chi connectivity index (χ1) is 9.81. The topological polar surface area (TPSA) is 90.0 Å². The van der Waals surface area contributed by atoms with E-state index in [0.29, 0.717) is 19.6 Å². The van der Waals surface area contributed by atoms with Crippen LogP contribution in [-0.4, -0.2) is 71.5 Å². The summed E-state index contributed by atoms with van der Waals surface area (Å²) in [5, 5.41) is 11.4. The minimum Gasteiger partial charge on any atom is -0.481 e. The summed E-state index contributed by atoms with van der Waals surface area (Å²) in [6.07, 6.45) is 0.152. The molecule has 120 valence electrons. The second-order valence-corrected chi connectivity index (χ2v) is 5.79. The van der Waals surface area contributed by atoms with Crippen molar-refractivity contribution in [3.8, 4) is 0 Å². The highest BCUT2D eigenvalue weighted by molar-refractivity contribution is 5.85. The molecule has 1 saturated heterocycles. The van der Waals surface area contributed by atoms with Crippen LogP contribution in [0.3, 0.4) is 0 Å². The second-order valence-electron chi connectivity index (χ2n) is 5.79. The number of carboxylic acid groups (broad SMARTS) is 1. The first kappa shape index (κ1) is 17.4. The Kier molecular flexibility index (Phi) is 6.61. The highest BCUT2D eigenvalue weighted by atomic mass is 16.4. The van der Waals surface area contributed by atoms with Crippen LogP contribution >= 0.6 is 0 Å². The Bertz CT molecular complexity index is 392. The molecule has 0 saturated carbocycles. The number of carboxylic acids is 1. The SMILES string of the molecule is CCN(CC(=O)NC(C)C)C(=O)CN1CC(CC(=O)O)C1. The van der Waals surface area contributed by atoms with Crippen molar-refractivity contribution in [3.05, 3.63) is 0 Å². The summed E-state index contributed by atoms with van der Waals surface area (Å²) in [5.41, 5.74) is 0. The van der Waals surface area contributed by atoms with Crippen LogP contribution in [0.25, 0.3) is 0 Å². The van der Waals surface area contributed by atoms with Crippen molar-refractivity contribution in [2.75, 3.05) is 32.7 Å². The van der Waals surface area contributed by atoms with Gasteiger partial charge in [0.2, 0.25) is 11.8 Å². The summed E-state index contributed by atoms with van der Waals surface area (Å²) in [6.45, 7) is 7.65. The van der Waals surface area contributed by atoms with Crippen molar-refractivity contribution in [2.24, 2.45) is 5.92 Å². The van der Waals surface area contributed by atoms with Crippen LogP contribution in [0.15, 0.2) is 0 Å². The summed E-state index contributed by atoms with van der Waals surface area (Å²) < 4.78 is 0. The van der Waals surface area contributed by atoms with Gasteiger partial charge in [0.25, 0.3) is 0 Å². The van der Waals surface area contributed by atoms with E-state index in [-0.39, 0.29) is 43.3 Å². The van der Waals surface area contributed by atoms with Gasteiger partial charge in [0.15, 0.2) is 0 Å². The maximum atomic E-state index is 12.1. The number of amides is 2. The van der Waals surface area contributed by atoms with Gasteiger partial charge in [-0.15, -0.1) is 0 Å². The first-order valence-corrected chi connectivity index (χ1v) is 7.33. The van der Waals surface area contributed by atoms with E-state index in [0.717, 1.165) is 0 Å². The van der Waals surface area contributed by atoms with Gasteiger partial charge >= 0.3 is 5.97 Å². The molecule has 1 rings (SSSR count). The summed E-state index contributed by atoms with van der Waals surface area (Å²) >= 11 is 0. The maximum absolute atomic E-state index is 12.1. The van der Waals surface area contributed by atoms with Crippen LogP contribution in [-0.2, 0) is 14.4 Å². The zero-order valence-corrected chi connectivity index (χ0v) is 13.0. The summed E-state index contributed by atoms with van der Waals surface area (Å²) in [4.78, 5) is 37.8. The van der Waals surface area contributed by atoms with E-state index in [1.54, 1.807) is 0 Å². The van der Waals surface area contributed by atoms with E-state index in [9.17, 15) is 14.4 Å². The molecule has 2 N–H and O–H groups in total. The fraction of sp³-hybridized carbons (Fsp3) is 0.786. The third-order valence-corrected chi connectivity index (χ3v) is 3.37. The maximum Gasteiger partial charge on any atom is 0.303 e. The average molecular weight is 299 g/mol. The summed E-state index contributed by atoms with van der Waals surface area (Å²) in [5.74, 6) is -0.918. The van der Waals surface area contributed by atoms with E-state index < -0.39 is 5.97 Å². The van der Waals surface area contributed by atoms with Crippen LogP contribution in [0.4, 0.5) is 0 Å². The molecule has 21 heavy (non-hydrogen) atoms. The Morgan fingerprint density at radius 3 is 2.43 bits per heavy atom. The zero-order chi connectivity index (χ0) is 16.0. The second kappa shape index (κ2) is 7.97. The molecule has 0 aromatic rings. The lowest BCUT2D eigenvalue weighted by Gasteiger charge is -2.38. The monoisotopic (exact) mass is 299 g/mol. The van der Waals surface area contributed by atoms with Gasteiger partial charge in [0, 0.05) is 25.7 Å². The van der Waals surface area contributed by atoms with E-state index in [1.807, 2.05) is 25.7 Å². The van der Waals surface area contributed by atoms with Crippen molar-refractivity contribution in [1.82, 2.24) is 15.1 Å². The minimum absolute atomic E-state index is 0.0541. The number of likely N-dealkylation sites (N-methyl/N-ethyl adjacent to an activating group) is 1. The number of carbonyl (C=O) groups excluding carboxylic acids is 2. The van der Waals surface area contributed by atoms with Gasteiger partial charge in [-0.05, 0) is 26.7 Å². The molecule has 1 aliphatic heterocycles. The number of aliphatic carboxylic acids is 1. The Labute approximate surface area is 125 Å². The Hall–Kier alpha value is -1.63. The predicted molar refractivity (Wildman–Crippen MR) is 77.7 cm³/mol. The van der Waals surface area contributed by atoms with Crippen molar-refractivity contribution in [2.45, 2.75) is 33.2 Å². The molecule has 0 aromatic carbocycles. The molecule has 0 aromatic heterocycles. The van der Waals surface area contributed by atoms with Gasteiger partial charge in [0.05, 0.1) is 19.5 Å². The highest BCUT2D eigenvalue weighted by Crippen LogP contribution is 2.18. The lowest BCUT2D eigenvalue weighted by molar-refractivity contribution is -0.141. The number of rotatable bonds is 8. The largest absolute Gasteiger partial charge is 0.481 e. The third-order valence-electron chi connectivity index (χ3n) is 3.37. The Morgan fingerprint density at radius 1 is 1.33 bits per heavy atom. The number of nitrogens with zero attached hydrogens (tertiary/aromatic N) is 2. The molecule has 1 aliphatic rings. The van der Waals surface area contributed by atoms with Gasteiger partial charge < -0.3 is 15.3 Å². The average Bonchev–Trinajstić information content (AvgIpc) is 2.31. The quantitative estimate of drug-likeness (QED) is 0.646. The van der Waals surface area contributed by atoms with Gasteiger partial charge in [-0.2, -0.15) is 0 Å². The van der Waals surface area contributed by atoms with Crippen LogP contribution in [0.1, 0.15) is 27.2 Å². The fourth-order valence-electron chi connectivity index (χ4n) is 2.39. The van der Waals surface area contributed by atoms with Crippen LogP contribution in [0, 0.1) is 5.92 Å². The predicted octanol–water partition coefficient (Wildman–Crippen LogP) is -0.234. The number of hydrogen-bond donors (Lipinski definition) is 2. The summed E-state index contributed by atoms with van der Waals surface area (Å²) in [6, 6.07) is 0.0541. The van der Waals surface area contributed by atoms with E-state index in [2.05, 4.69) is 5.32 Å². The number of hydrogen-bond acceptors (Lipinski definition) is 4. The number of carbonyl (C=O) groups is 3. The minimum atomic E-state index is -0.800. The van der Waals surface area contributed by atoms with Crippen LogP contribution in [0.5, 0.6) is 0 Å². The molecule has 1 heterocycles. The van der Waals surface area contributed by atoms with Crippen molar-refractivity contribution in [1.29, 1.82) is 0 Å². The highest BCUT2D eigenvalue weighted by Gasteiger charge is 2.30. The van der Waals surface area contributed by atoms with Gasteiger partial charge in [0.1, 0.15) is 0 Å². The molecule has 0 spiro atoms. The molecule has 7 nitrogen and oxygen atoms in total. The molecular weight excluding hydrogens is 274 g/mol. The lowest BCUT2D eigenvalue weighted by Crippen LogP contribution is -2.53. The number of nitrogens with one attached hydrogen (secondary N) is 1. The molecular formula is C14H25N3O4. The van der Waals surface area contributed by atoms with Gasteiger partial charge in [-0.25, -0.2) is 0 Å². The smallest absolute Gasteiger partial charge is 0.303 e. The Balaban J connectivity index is 2.33. The van der Waals surface area contributed by atoms with Crippen molar-refractivity contribution in [3.63, 3.8) is 0 Å². The normalized spacial score (nSPS) is 15.6. The standard InChI is InChI=1S/C14H25N3O4/c1-4-17(8-12(18)15-10(2)3)13(19)9-16-6-11(7-16)5-14(20)21/h10-11H,4-9H2,1-3H3,(H,15,18)(H,20,21). The molecule has 0 aliphatic carbocycles. The molecule has 0 atom stereocenters. The third kappa shape index (κ3) is 6.12. The van der Waals surface area contributed by atoms with Crippen LogP contribution < -0.4 is 5.32 Å². The van der Waals surface area contributed by atoms with E-state index in [4.69, 9.17) is 5.11 Å². The summed E-state index contributed by atoms with van der Waals surface area (Å²) in [7, 11) is 0. The fourth-order valence-corrected chi connectivity index (χ4v) is 2.39. The Morgan fingerprint density at radius 2 is 1.95 bits per heavy atom.